The average Bonchev–Trinajstić information content (AvgIpc) is 2.26. The number of ketones is 1. The molecule has 0 saturated heterocycles. The zero-order chi connectivity index (χ0) is 12.6. The van der Waals surface area contributed by atoms with Crippen molar-refractivity contribution >= 4 is 11.9 Å². The van der Waals surface area contributed by atoms with Crippen molar-refractivity contribution in [1.29, 1.82) is 0 Å². The zero-order valence-corrected chi connectivity index (χ0v) is 9.73. The molecule has 1 aromatic rings. The van der Waals surface area contributed by atoms with E-state index in [0.717, 1.165) is 5.56 Å². The van der Waals surface area contributed by atoms with Crippen LogP contribution in [0.1, 0.15) is 29.8 Å². The van der Waals surface area contributed by atoms with Crippen LogP contribution in [0.4, 0.5) is 0 Å². The Morgan fingerprint density at radius 3 is 2.76 bits per heavy atom. The lowest BCUT2D eigenvalue weighted by molar-refractivity contribution is 0.0900. The first-order valence-corrected chi connectivity index (χ1v) is 5.32. The molecule has 0 amide bonds. The minimum Gasteiger partial charge on any atom is -0.507 e. The quantitative estimate of drug-likeness (QED) is 0.765. The van der Waals surface area contributed by atoms with E-state index in [-0.39, 0.29) is 11.3 Å². The van der Waals surface area contributed by atoms with Crippen LogP contribution in [0, 0.1) is 0 Å². The summed E-state index contributed by atoms with van der Waals surface area (Å²) in [6.45, 7) is 3.18. The first-order valence-electron chi connectivity index (χ1n) is 5.32. The molecule has 0 spiro atoms. The van der Waals surface area contributed by atoms with Crippen molar-refractivity contribution in [3.05, 3.63) is 29.3 Å². The molecule has 17 heavy (non-hydrogen) atoms. The SMILES string of the molecule is CC1(C)C=Cc2cc(C(=O)CO)c(O)cc2O1. The zero-order valence-electron chi connectivity index (χ0n) is 9.73. The number of aliphatic hydroxyl groups is 1. The number of phenols is 1. The van der Waals surface area contributed by atoms with Crippen LogP contribution in [0.15, 0.2) is 18.2 Å². The summed E-state index contributed by atoms with van der Waals surface area (Å²) in [6, 6.07) is 2.93. The van der Waals surface area contributed by atoms with Gasteiger partial charge in [0.1, 0.15) is 23.7 Å². The number of carbonyl (C=O) groups excluding carboxylic acids is 1. The molecular formula is C13H14O4. The molecule has 1 aliphatic heterocycles. The van der Waals surface area contributed by atoms with E-state index in [1.54, 1.807) is 0 Å². The normalized spacial score (nSPS) is 16.2. The fraction of sp³-hybridized carbons (Fsp3) is 0.308. The highest BCUT2D eigenvalue weighted by Crippen LogP contribution is 2.35. The smallest absolute Gasteiger partial charge is 0.191 e. The fourth-order valence-electron chi connectivity index (χ4n) is 1.72. The molecule has 0 aromatic heterocycles. The lowest BCUT2D eigenvalue weighted by Gasteiger charge is -2.28. The lowest BCUT2D eigenvalue weighted by atomic mass is 9.99. The second kappa shape index (κ2) is 3.89. The van der Waals surface area contributed by atoms with Crippen LogP contribution in [-0.4, -0.2) is 28.2 Å². The Bertz CT molecular complexity index is 500. The number of aromatic hydroxyl groups is 1. The predicted molar refractivity (Wildman–Crippen MR) is 63.3 cm³/mol. The van der Waals surface area contributed by atoms with Crippen LogP contribution in [-0.2, 0) is 0 Å². The van der Waals surface area contributed by atoms with Gasteiger partial charge in [-0.2, -0.15) is 0 Å². The van der Waals surface area contributed by atoms with Crippen LogP contribution in [0.25, 0.3) is 6.08 Å². The van der Waals surface area contributed by atoms with Crippen molar-refractivity contribution in [2.45, 2.75) is 19.4 Å². The average molecular weight is 234 g/mol. The first-order chi connectivity index (χ1) is 7.93. The second-order valence-corrected chi connectivity index (χ2v) is 4.53. The molecule has 4 heteroatoms. The van der Waals surface area contributed by atoms with Gasteiger partial charge in [-0.1, -0.05) is 6.08 Å². The Kier molecular flexibility index (Phi) is 2.67. The van der Waals surface area contributed by atoms with E-state index in [1.165, 1.54) is 12.1 Å². The van der Waals surface area contributed by atoms with Gasteiger partial charge in [-0.25, -0.2) is 0 Å². The summed E-state index contributed by atoms with van der Waals surface area (Å²) in [6.07, 6.45) is 3.71. The Balaban J connectivity index is 2.49. The highest BCUT2D eigenvalue weighted by molar-refractivity contribution is 6.00. The maximum absolute atomic E-state index is 11.4. The summed E-state index contributed by atoms with van der Waals surface area (Å²) in [5.74, 6) is -0.151. The number of Topliss-reactive ketones (excluding diaryl/α,β-unsaturated/α-hetero) is 1. The van der Waals surface area contributed by atoms with Gasteiger partial charge in [0.2, 0.25) is 0 Å². The van der Waals surface area contributed by atoms with Gasteiger partial charge in [0.05, 0.1) is 5.56 Å². The van der Waals surface area contributed by atoms with E-state index in [0.29, 0.717) is 5.75 Å². The van der Waals surface area contributed by atoms with Gasteiger partial charge in [-0.3, -0.25) is 4.79 Å². The van der Waals surface area contributed by atoms with Gasteiger partial charge >= 0.3 is 0 Å². The number of aliphatic hydroxyl groups excluding tert-OH is 1. The van der Waals surface area contributed by atoms with Gasteiger partial charge in [0.25, 0.3) is 0 Å². The number of phenolic OH excluding ortho intramolecular Hbond substituents is 1. The lowest BCUT2D eigenvalue weighted by Crippen LogP contribution is -2.27. The van der Waals surface area contributed by atoms with E-state index in [4.69, 9.17) is 9.84 Å². The molecule has 0 bridgehead atoms. The highest BCUT2D eigenvalue weighted by atomic mass is 16.5. The van der Waals surface area contributed by atoms with Crippen molar-refractivity contribution < 1.29 is 19.7 Å². The number of carbonyl (C=O) groups is 1. The Labute approximate surface area is 99.2 Å². The van der Waals surface area contributed by atoms with Gasteiger partial charge in [-0.05, 0) is 26.0 Å². The van der Waals surface area contributed by atoms with E-state index in [1.807, 2.05) is 26.0 Å². The van der Waals surface area contributed by atoms with Crippen molar-refractivity contribution in [2.24, 2.45) is 0 Å². The molecule has 0 unspecified atom stereocenters. The maximum Gasteiger partial charge on any atom is 0.191 e. The summed E-state index contributed by atoms with van der Waals surface area (Å²) in [5, 5.41) is 18.5. The van der Waals surface area contributed by atoms with Gasteiger partial charge in [0, 0.05) is 11.6 Å². The molecule has 0 fully saturated rings. The van der Waals surface area contributed by atoms with Crippen LogP contribution in [0.5, 0.6) is 11.5 Å². The summed E-state index contributed by atoms with van der Waals surface area (Å²) in [5.41, 5.74) is 0.403. The monoisotopic (exact) mass is 234 g/mol. The molecule has 0 saturated carbocycles. The first kappa shape index (κ1) is 11.7. The van der Waals surface area contributed by atoms with Crippen molar-refractivity contribution in [3.63, 3.8) is 0 Å². The summed E-state index contributed by atoms with van der Waals surface area (Å²) in [4.78, 5) is 11.4. The minimum absolute atomic E-state index is 0.110. The van der Waals surface area contributed by atoms with Crippen LogP contribution >= 0.6 is 0 Å². The third-order valence-electron chi connectivity index (χ3n) is 2.61. The number of rotatable bonds is 2. The Morgan fingerprint density at radius 1 is 1.41 bits per heavy atom. The Hall–Kier alpha value is -1.81. The second-order valence-electron chi connectivity index (χ2n) is 4.53. The minimum atomic E-state index is -0.623. The molecule has 2 N–H and O–H groups in total. The van der Waals surface area contributed by atoms with Gasteiger partial charge in [-0.15, -0.1) is 0 Å². The molecular weight excluding hydrogens is 220 g/mol. The predicted octanol–water partition coefficient (Wildman–Crippen LogP) is 1.75. The van der Waals surface area contributed by atoms with Crippen molar-refractivity contribution in [1.82, 2.24) is 0 Å². The molecule has 0 aliphatic carbocycles. The molecule has 1 heterocycles. The Morgan fingerprint density at radius 2 is 2.12 bits per heavy atom. The molecule has 0 atom stereocenters. The van der Waals surface area contributed by atoms with E-state index in [9.17, 15) is 9.90 Å². The number of ether oxygens (including phenoxy) is 1. The van der Waals surface area contributed by atoms with Gasteiger partial charge in [0.15, 0.2) is 5.78 Å². The maximum atomic E-state index is 11.4. The van der Waals surface area contributed by atoms with Crippen LogP contribution in [0.2, 0.25) is 0 Å². The largest absolute Gasteiger partial charge is 0.507 e. The molecule has 1 aromatic carbocycles. The standard InChI is InChI=1S/C13H14O4/c1-13(2)4-3-8-5-9(11(16)7-14)10(15)6-12(8)17-13/h3-6,14-15H,7H2,1-2H3. The highest BCUT2D eigenvalue weighted by Gasteiger charge is 2.23. The molecule has 4 nitrogen and oxygen atoms in total. The van der Waals surface area contributed by atoms with E-state index in [2.05, 4.69) is 0 Å². The third kappa shape index (κ3) is 2.17. The number of benzene rings is 1. The summed E-state index contributed by atoms with van der Waals surface area (Å²) in [7, 11) is 0. The number of fused-ring (bicyclic) bond motifs is 1. The van der Waals surface area contributed by atoms with Crippen molar-refractivity contribution in [2.75, 3.05) is 6.61 Å². The topological polar surface area (TPSA) is 66.8 Å². The van der Waals surface area contributed by atoms with Crippen molar-refractivity contribution in [3.8, 4) is 11.5 Å². The van der Waals surface area contributed by atoms with Crippen LogP contribution in [0.3, 0.4) is 0 Å². The van der Waals surface area contributed by atoms with E-state index >= 15 is 0 Å². The number of hydrogen-bond donors (Lipinski definition) is 2. The third-order valence-corrected chi connectivity index (χ3v) is 2.61. The molecule has 90 valence electrons. The molecule has 0 radical (unpaired) electrons. The molecule has 2 rings (SSSR count). The van der Waals surface area contributed by atoms with E-state index < -0.39 is 18.0 Å². The van der Waals surface area contributed by atoms with Crippen LogP contribution < -0.4 is 4.74 Å². The number of hydrogen-bond acceptors (Lipinski definition) is 4. The molecule has 1 aliphatic rings. The fourth-order valence-corrected chi connectivity index (χ4v) is 1.72. The summed E-state index contributed by atoms with van der Waals surface area (Å²) >= 11 is 0. The summed E-state index contributed by atoms with van der Waals surface area (Å²) < 4.78 is 5.65. The van der Waals surface area contributed by atoms with Gasteiger partial charge < -0.3 is 14.9 Å².